The largest absolute Gasteiger partial charge is 0.403 e. The summed E-state index contributed by atoms with van der Waals surface area (Å²) in [5.41, 5.74) is 2.97. The minimum Gasteiger partial charge on any atom is -0.403 e. The third-order valence-electron chi connectivity index (χ3n) is 4.42. The second kappa shape index (κ2) is 7.16. The third-order valence-corrected chi connectivity index (χ3v) is 5.72. The van der Waals surface area contributed by atoms with Gasteiger partial charge in [0.15, 0.2) is 0 Å². The number of nitrogens with zero attached hydrogens (tertiary/aromatic N) is 3. The predicted octanol–water partition coefficient (Wildman–Crippen LogP) is 1.96. The summed E-state index contributed by atoms with van der Waals surface area (Å²) in [6.45, 7) is 4.65. The van der Waals surface area contributed by atoms with Crippen LogP contribution in [0.2, 0.25) is 0 Å². The van der Waals surface area contributed by atoms with Crippen molar-refractivity contribution < 1.29 is 17.6 Å². The van der Waals surface area contributed by atoms with E-state index in [-0.39, 0.29) is 17.8 Å². The number of aryl methyl sites for hydroxylation is 2. The van der Waals surface area contributed by atoms with Gasteiger partial charge in [-0.15, -0.1) is 5.10 Å². The van der Waals surface area contributed by atoms with E-state index < -0.39 is 10.0 Å². The maximum absolute atomic E-state index is 12.4. The van der Waals surface area contributed by atoms with E-state index in [2.05, 4.69) is 15.5 Å². The number of anilines is 1. The fourth-order valence-electron chi connectivity index (χ4n) is 3.15. The summed E-state index contributed by atoms with van der Waals surface area (Å²) in [5, 5.41) is 10.5. The van der Waals surface area contributed by atoms with Crippen LogP contribution in [0.1, 0.15) is 24.0 Å². The van der Waals surface area contributed by atoms with Crippen LogP contribution < -0.4 is 5.32 Å². The fraction of sp³-hybridized carbons (Fsp3) is 0.471. The Hall–Kier alpha value is -2.26. The van der Waals surface area contributed by atoms with Gasteiger partial charge in [-0.05, 0) is 38.8 Å². The minimum atomic E-state index is -3.21. The number of sulfonamides is 1. The first-order valence-electron chi connectivity index (χ1n) is 8.40. The third kappa shape index (κ3) is 4.28. The van der Waals surface area contributed by atoms with Gasteiger partial charge in [0.1, 0.15) is 0 Å². The van der Waals surface area contributed by atoms with Gasteiger partial charge in [-0.1, -0.05) is 22.3 Å². The first-order chi connectivity index (χ1) is 12.2. The molecule has 0 radical (unpaired) electrons. The fourth-order valence-corrected chi connectivity index (χ4v) is 4.02. The molecule has 0 atom stereocenters. The molecule has 3 rings (SSSR count). The van der Waals surface area contributed by atoms with Gasteiger partial charge in [0.2, 0.25) is 21.8 Å². The van der Waals surface area contributed by atoms with Crippen LogP contribution in [-0.2, 0) is 14.8 Å². The van der Waals surface area contributed by atoms with Crippen LogP contribution in [0.15, 0.2) is 22.6 Å². The van der Waals surface area contributed by atoms with E-state index in [0.29, 0.717) is 31.8 Å². The van der Waals surface area contributed by atoms with Gasteiger partial charge in [0, 0.05) is 24.6 Å². The number of carbonyl (C=O) groups excluding carboxylic acids is 1. The van der Waals surface area contributed by atoms with E-state index in [1.54, 1.807) is 0 Å². The summed E-state index contributed by atoms with van der Waals surface area (Å²) in [6.07, 6.45) is 2.12. The molecule has 1 saturated heterocycles. The highest BCUT2D eigenvalue weighted by molar-refractivity contribution is 7.88. The topological polar surface area (TPSA) is 105 Å². The van der Waals surface area contributed by atoms with E-state index in [0.717, 1.165) is 16.7 Å². The zero-order chi connectivity index (χ0) is 18.9. The van der Waals surface area contributed by atoms with Crippen LogP contribution in [0.25, 0.3) is 11.5 Å². The van der Waals surface area contributed by atoms with Crippen LogP contribution in [0, 0.1) is 19.8 Å². The van der Waals surface area contributed by atoms with E-state index in [4.69, 9.17) is 4.42 Å². The van der Waals surface area contributed by atoms with Gasteiger partial charge in [-0.2, -0.15) is 0 Å². The lowest BCUT2D eigenvalue weighted by Crippen LogP contribution is -2.40. The molecule has 1 N–H and O–H groups in total. The zero-order valence-electron chi connectivity index (χ0n) is 15.0. The maximum atomic E-state index is 12.4. The molecule has 1 fully saturated rings. The predicted molar refractivity (Wildman–Crippen MR) is 97.0 cm³/mol. The van der Waals surface area contributed by atoms with Crippen molar-refractivity contribution in [3.05, 3.63) is 29.3 Å². The SMILES string of the molecule is Cc1cc(C)cc(-c2nnc(NC(=O)C3CCN(S(C)(=O)=O)CC3)o2)c1. The van der Waals surface area contributed by atoms with Crippen LogP contribution >= 0.6 is 0 Å². The van der Waals surface area contributed by atoms with Gasteiger partial charge in [0.05, 0.1) is 6.26 Å². The van der Waals surface area contributed by atoms with Gasteiger partial charge in [-0.3, -0.25) is 10.1 Å². The van der Waals surface area contributed by atoms with Crippen molar-refractivity contribution in [2.45, 2.75) is 26.7 Å². The first-order valence-corrected chi connectivity index (χ1v) is 10.3. The van der Waals surface area contributed by atoms with Crippen molar-refractivity contribution in [2.24, 2.45) is 5.92 Å². The number of nitrogens with one attached hydrogen (secondary N) is 1. The molecule has 0 saturated carbocycles. The second-order valence-electron chi connectivity index (χ2n) is 6.71. The number of hydrogen-bond acceptors (Lipinski definition) is 6. The molecule has 0 unspecified atom stereocenters. The number of hydrogen-bond donors (Lipinski definition) is 1. The number of carbonyl (C=O) groups is 1. The zero-order valence-corrected chi connectivity index (χ0v) is 15.8. The molecule has 0 bridgehead atoms. The van der Waals surface area contributed by atoms with Crippen molar-refractivity contribution in [1.29, 1.82) is 0 Å². The summed E-state index contributed by atoms with van der Waals surface area (Å²) >= 11 is 0. The monoisotopic (exact) mass is 378 g/mol. The first kappa shape index (κ1) is 18.5. The highest BCUT2D eigenvalue weighted by atomic mass is 32.2. The summed E-state index contributed by atoms with van der Waals surface area (Å²) in [6, 6.07) is 5.97. The molecule has 1 aromatic carbocycles. The number of amides is 1. The summed E-state index contributed by atoms with van der Waals surface area (Å²) in [7, 11) is -3.21. The molecule has 2 aromatic rings. The molecule has 26 heavy (non-hydrogen) atoms. The molecule has 1 aliphatic rings. The summed E-state index contributed by atoms with van der Waals surface area (Å²) in [5.74, 6) is -0.155. The maximum Gasteiger partial charge on any atom is 0.322 e. The van der Waals surface area contributed by atoms with Crippen molar-refractivity contribution in [3.63, 3.8) is 0 Å². The standard InChI is InChI=1S/C17H22N4O4S/c1-11-8-12(2)10-14(9-11)16-19-20-17(25-16)18-15(22)13-4-6-21(7-5-13)26(3,23)24/h8-10,13H,4-7H2,1-3H3,(H,18,20,22). The molecule has 1 aromatic heterocycles. The highest BCUT2D eigenvalue weighted by Gasteiger charge is 2.29. The molecule has 0 aliphatic carbocycles. The van der Waals surface area contributed by atoms with Crippen LogP contribution in [0.4, 0.5) is 6.01 Å². The Morgan fingerprint density at radius 3 is 2.35 bits per heavy atom. The Labute approximate surface area is 152 Å². The molecule has 1 amide bonds. The Kier molecular flexibility index (Phi) is 5.10. The lowest BCUT2D eigenvalue weighted by Gasteiger charge is -2.29. The van der Waals surface area contributed by atoms with Gasteiger partial charge >= 0.3 is 6.01 Å². The Morgan fingerprint density at radius 2 is 1.77 bits per heavy atom. The quantitative estimate of drug-likeness (QED) is 0.872. The molecular weight excluding hydrogens is 356 g/mol. The lowest BCUT2D eigenvalue weighted by atomic mass is 9.97. The molecule has 9 heteroatoms. The van der Waals surface area contributed by atoms with Gasteiger partial charge < -0.3 is 4.42 Å². The van der Waals surface area contributed by atoms with Crippen molar-refractivity contribution in [3.8, 4) is 11.5 Å². The highest BCUT2D eigenvalue weighted by Crippen LogP contribution is 2.24. The molecular formula is C17H22N4O4S. The minimum absolute atomic E-state index is 0.0506. The Balaban J connectivity index is 1.63. The van der Waals surface area contributed by atoms with Gasteiger partial charge in [-0.25, -0.2) is 12.7 Å². The average Bonchev–Trinajstić information content (AvgIpc) is 3.02. The smallest absolute Gasteiger partial charge is 0.322 e. The van der Waals surface area contributed by atoms with E-state index in [9.17, 15) is 13.2 Å². The number of aromatic nitrogens is 2. The van der Waals surface area contributed by atoms with E-state index in [1.165, 1.54) is 10.6 Å². The van der Waals surface area contributed by atoms with E-state index >= 15 is 0 Å². The molecule has 0 spiro atoms. The lowest BCUT2D eigenvalue weighted by molar-refractivity contribution is -0.121. The van der Waals surface area contributed by atoms with Crippen molar-refractivity contribution >= 4 is 21.9 Å². The number of piperidine rings is 1. The summed E-state index contributed by atoms with van der Waals surface area (Å²) in [4.78, 5) is 12.4. The van der Waals surface area contributed by atoms with Crippen molar-refractivity contribution in [1.82, 2.24) is 14.5 Å². The molecule has 1 aliphatic heterocycles. The Bertz CT molecular complexity index is 894. The van der Waals surface area contributed by atoms with Crippen molar-refractivity contribution in [2.75, 3.05) is 24.7 Å². The van der Waals surface area contributed by atoms with E-state index in [1.807, 2.05) is 32.0 Å². The Morgan fingerprint density at radius 1 is 1.15 bits per heavy atom. The van der Waals surface area contributed by atoms with Crippen LogP contribution in [0.3, 0.4) is 0 Å². The summed E-state index contributed by atoms with van der Waals surface area (Å²) < 4.78 is 30.0. The van der Waals surface area contributed by atoms with Crippen LogP contribution in [0.5, 0.6) is 0 Å². The molecule has 140 valence electrons. The molecule has 2 heterocycles. The second-order valence-corrected chi connectivity index (χ2v) is 8.70. The molecule has 8 nitrogen and oxygen atoms in total. The average molecular weight is 378 g/mol. The number of benzene rings is 1. The van der Waals surface area contributed by atoms with Gasteiger partial charge in [0.25, 0.3) is 0 Å². The van der Waals surface area contributed by atoms with Crippen LogP contribution in [-0.4, -0.2) is 48.2 Å². The number of rotatable bonds is 4. The normalized spacial score (nSPS) is 16.6.